The Hall–Kier alpha value is -2.73. The zero-order valence-electron chi connectivity index (χ0n) is 18.6. The summed E-state index contributed by atoms with van der Waals surface area (Å²) >= 11 is 0. The van der Waals surface area contributed by atoms with Crippen LogP contribution in [-0.2, 0) is 24.0 Å². The van der Waals surface area contributed by atoms with Crippen molar-refractivity contribution in [2.75, 3.05) is 13.1 Å². The van der Waals surface area contributed by atoms with Gasteiger partial charge in [-0.25, -0.2) is 4.79 Å². The van der Waals surface area contributed by atoms with E-state index in [1.165, 1.54) is 13.8 Å². The van der Waals surface area contributed by atoms with Crippen molar-refractivity contribution in [1.82, 2.24) is 21.3 Å². The minimum absolute atomic E-state index is 0.221. The van der Waals surface area contributed by atoms with Gasteiger partial charge in [-0.1, -0.05) is 13.8 Å². The summed E-state index contributed by atoms with van der Waals surface area (Å²) in [6.07, 6.45) is 1.39. The number of hydrogen-bond acceptors (Lipinski definition) is 7. The van der Waals surface area contributed by atoms with Gasteiger partial charge in [-0.05, 0) is 45.6 Å². The van der Waals surface area contributed by atoms with E-state index >= 15 is 0 Å². The fourth-order valence-corrected chi connectivity index (χ4v) is 2.50. The lowest BCUT2D eigenvalue weighted by atomic mass is 10.0. The van der Waals surface area contributed by atoms with Crippen molar-refractivity contribution in [3.8, 4) is 0 Å². The third-order valence-corrected chi connectivity index (χ3v) is 4.42. The van der Waals surface area contributed by atoms with E-state index in [0.29, 0.717) is 19.4 Å². The molecule has 0 rings (SSSR count). The summed E-state index contributed by atoms with van der Waals surface area (Å²) in [5, 5.41) is 18.9. The van der Waals surface area contributed by atoms with Gasteiger partial charge in [0, 0.05) is 0 Å². The highest BCUT2D eigenvalue weighted by Gasteiger charge is 2.26. The van der Waals surface area contributed by atoms with Crippen molar-refractivity contribution in [3.05, 3.63) is 0 Å². The Morgan fingerprint density at radius 1 is 0.871 bits per heavy atom. The molecule has 0 spiro atoms. The minimum atomic E-state index is -1.18. The molecule has 0 bridgehead atoms. The van der Waals surface area contributed by atoms with E-state index in [1.54, 1.807) is 13.8 Å². The Bertz CT molecular complexity index is 639. The van der Waals surface area contributed by atoms with Gasteiger partial charge in [0.15, 0.2) is 0 Å². The van der Waals surface area contributed by atoms with Crippen molar-refractivity contribution < 1.29 is 29.1 Å². The first-order valence-corrected chi connectivity index (χ1v) is 10.3. The van der Waals surface area contributed by atoms with E-state index in [0.717, 1.165) is 0 Å². The van der Waals surface area contributed by atoms with Crippen molar-refractivity contribution >= 4 is 29.6 Å². The monoisotopic (exact) mass is 444 g/mol. The second-order valence-corrected chi connectivity index (χ2v) is 7.71. The van der Waals surface area contributed by atoms with Crippen LogP contribution in [0.5, 0.6) is 0 Å². The smallest absolute Gasteiger partial charge is 0.326 e. The summed E-state index contributed by atoms with van der Waals surface area (Å²) in [6, 6.07) is -3.77. The number of carboxylic acids is 1. The Balaban J connectivity index is 4.65. The summed E-state index contributed by atoms with van der Waals surface area (Å²) in [4.78, 5) is 59.6. The number of carbonyl (C=O) groups excluding carboxylic acids is 4. The van der Waals surface area contributed by atoms with Gasteiger partial charge in [0.2, 0.25) is 23.6 Å². The lowest BCUT2D eigenvalue weighted by molar-refractivity contribution is -0.142. The van der Waals surface area contributed by atoms with Crippen LogP contribution in [0.15, 0.2) is 0 Å². The van der Waals surface area contributed by atoms with Crippen molar-refractivity contribution in [2.24, 2.45) is 17.4 Å². The molecule has 0 radical (unpaired) electrons. The van der Waals surface area contributed by atoms with Crippen LogP contribution in [0.25, 0.3) is 0 Å². The highest BCUT2D eigenvalue weighted by molar-refractivity contribution is 5.93. The van der Waals surface area contributed by atoms with Crippen molar-refractivity contribution in [2.45, 2.75) is 71.1 Å². The summed E-state index contributed by atoms with van der Waals surface area (Å²) < 4.78 is 0. The van der Waals surface area contributed by atoms with Gasteiger partial charge < -0.3 is 37.8 Å². The van der Waals surface area contributed by atoms with Gasteiger partial charge in [0.05, 0.1) is 12.6 Å². The Kier molecular flexibility index (Phi) is 13.0. The third kappa shape index (κ3) is 11.3. The van der Waals surface area contributed by atoms with Gasteiger partial charge in [0.25, 0.3) is 0 Å². The van der Waals surface area contributed by atoms with Crippen LogP contribution in [0.2, 0.25) is 0 Å². The molecule has 0 saturated heterocycles. The zero-order chi connectivity index (χ0) is 24.1. The van der Waals surface area contributed by atoms with Crippen LogP contribution < -0.4 is 32.7 Å². The number of carboxylic acid groups (broad SMARTS) is 1. The third-order valence-electron chi connectivity index (χ3n) is 4.42. The van der Waals surface area contributed by atoms with Crippen LogP contribution in [0, 0.1) is 5.92 Å². The lowest BCUT2D eigenvalue weighted by Gasteiger charge is -2.23. The maximum Gasteiger partial charge on any atom is 0.326 e. The number of aliphatic carboxylic acids is 1. The number of carbonyl (C=O) groups is 5. The van der Waals surface area contributed by atoms with Gasteiger partial charge in [-0.2, -0.15) is 0 Å². The molecular formula is C19H36N6O6. The molecular weight excluding hydrogens is 408 g/mol. The second-order valence-electron chi connectivity index (χ2n) is 7.71. The molecule has 4 atom stereocenters. The number of unbranched alkanes of at least 4 members (excludes halogenated alkanes) is 1. The topological polar surface area (TPSA) is 206 Å². The molecule has 9 N–H and O–H groups in total. The van der Waals surface area contributed by atoms with E-state index in [2.05, 4.69) is 21.3 Å². The van der Waals surface area contributed by atoms with Gasteiger partial charge in [-0.15, -0.1) is 0 Å². The second kappa shape index (κ2) is 14.3. The molecule has 0 aromatic heterocycles. The molecule has 0 heterocycles. The SMILES string of the molecule is CC(C)[C@H](NC(=O)[C@H](C)N)C(=O)NCC(=O)N[C@@H](C)C(=O)N[C@@H](CCCCN)C(=O)O. The summed E-state index contributed by atoms with van der Waals surface area (Å²) in [6.45, 7) is 6.33. The Morgan fingerprint density at radius 2 is 1.48 bits per heavy atom. The molecule has 12 heteroatoms. The molecule has 0 aromatic rings. The van der Waals surface area contributed by atoms with E-state index in [1.807, 2.05) is 0 Å². The zero-order valence-corrected chi connectivity index (χ0v) is 18.6. The van der Waals surface area contributed by atoms with E-state index < -0.39 is 60.3 Å². The van der Waals surface area contributed by atoms with Crippen LogP contribution in [0.1, 0.15) is 47.0 Å². The first-order valence-electron chi connectivity index (χ1n) is 10.3. The van der Waals surface area contributed by atoms with E-state index in [9.17, 15) is 29.1 Å². The largest absolute Gasteiger partial charge is 0.480 e. The molecule has 0 aromatic carbocycles. The first kappa shape index (κ1) is 28.3. The molecule has 0 saturated carbocycles. The maximum atomic E-state index is 12.3. The van der Waals surface area contributed by atoms with E-state index in [-0.39, 0.29) is 12.3 Å². The summed E-state index contributed by atoms with van der Waals surface area (Å²) in [7, 11) is 0. The highest BCUT2D eigenvalue weighted by atomic mass is 16.4. The molecule has 31 heavy (non-hydrogen) atoms. The maximum absolute atomic E-state index is 12.3. The number of nitrogens with one attached hydrogen (secondary N) is 4. The average molecular weight is 445 g/mol. The first-order chi connectivity index (χ1) is 14.4. The molecule has 12 nitrogen and oxygen atoms in total. The minimum Gasteiger partial charge on any atom is -0.480 e. The Labute approximate surface area is 182 Å². The summed E-state index contributed by atoms with van der Waals surface area (Å²) in [5.41, 5.74) is 10.9. The lowest BCUT2D eigenvalue weighted by Crippen LogP contribution is -2.55. The molecule has 0 aliphatic rings. The quantitative estimate of drug-likeness (QED) is 0.146. The van der Waals surface area contributed by atoms with E-state index in [4.69, 9.17) is 11.5 Å². The van der Waals surface area contributed by atoms with Crippen molar-refractivity contribution in [3.63, 3.8) is 0 Å². The summed E-state index contributed by atoms with van der Waals surface area (Å²) in [5.74, 6) is -3.80. The average Bonchev–Trinajstić information content (AvgIpc) is 2.68. The molecule has 4 amide bonds. The van der Waals surface area contributed by atoms with Crippen LogP contribution >= 0.6 is 0 Å². The van der Waals surface area contributed by atoms with Crippen molar-refractivity contribution in [1.29, 1.82) is 0 Å². The standard InChI is InChI=1S/C19H36N6O6/c1-10(2)15(25-16(27)11(3)21)18(29)22-9-14(26)23-12(4)17(28)24-13(19(30)31)7-5-6-8-20/h10-13,15H,5-9,20-21H2,1-4H3,(H,22,29)(H,23,26)(H,24,28)(H,25,27)(H,30,31)/t11-,12-,13-,15-/m0/s1. The predicted octanol–water partition coefficient (Wildman–Crippen LogP) is -2.21. The number of hydrogen-bond donors (Lipinski definition) is 7. The van der Waals surface area contributed by atoms with Crippen LogP contribution in [-0.4, -0.2) is 72.0 Å². The molecule has 178 valence electrons. The molecule has 0 unspecified atom stereocenters. The number of amides is 4. The van der Waals surface area contributed by atoms with Gasteiger partial charge in [0.1, 0.15) is 18.1 Å². The normalized spacial score (nSPS) is 14.7. The van der Waals surface area contributed by atoms with Crippen LogP contribution in [0.3, 0.4) is 0 Å². The molecule has 0 aliphatic carbocycles. The van der Waals surface area contributed by atoms with Gasteiger partial charge in [-0.3, -0.25) is 19.2 Å². The number of nitrogens with two attached hydrogens (primary N) is 2. The predicted molar refractivity (Wildman–Crippen MR) is 114 cm³/mol. The fourth-order valence-electron chi connectivity index (χ4n) is 2.50. The number of rotatable bonds is 14. The molecule has 0 fully saturated rings. The fraction of sp³-hybridized carbons (Fsp3) is 0.737. The highest BCUT2D eigenvalue weighted by Crippen LogP contribution is 2.03. The Morgan fingerprint density at radius 3 is 1.97 bits per heavy atom. The van der Waals surface area contributed by atoms with Gasteiger partial charge >= 0.3 is 5.97 Å². The molecule has 0 aliphatic heterocycles. The van der Waals surface area contributed by atoms with Crippen LogP contribution in [0.4, 0.5) is 0 Å².